The summed E-state index contributed by atoms with van der Waals surface area (Å²) in [5.74, 6) is 1.82. The van der Waals surface area contributed by atoms with E-state index in [1.165, 1.54) is 37.7 Å². The molecule has 0 unspecified atom stereocenters. The lowest BCUT2D eigenvalue weighted by Crippen LogP contribution is -2.06. The van der Waals surface area contributed by atoms with Crippen molar-refractivity contribution < 1.29 is 0 Å². The fraction of sp³-hybridized carbons (Fsp3) is 0. The van der Waals surface area contributed by atoms with Gasteiger partial charge in [-0.15, -0.1) is 0 Å². The third kappa shape index (κ3) is 6.57. The topological polar surface area (TPSA) is 43.6 Å². The standard InChI is InChI=1S/C63H40N4/c1-5-21-43(22-6-1)57-54(63-65-61(45-25-9-3-10-26-45)64-62(66-63)46-27-11-4-12-28-46)40-52(50-34-33-41-19-13-14-29-47(41)37-50)60(58(57)44-23-7-2-8-24-44)67-55-36-35-42-20-17-18-32-51(42)59(55)53-38-48-30-15-16-31-49(48)39-56(53)67/h1-40H. The van der Waals surface area contributed by atoms with Crippen LogP contribution in [0.5, 0.6) is 0 Å². The molecule has 312 valence electrons. The lowest BCUT2D eigenvalue weighted by atomic mass is 9.84. The molecule has 13 rings (SSSR count). The van der Waals surface area contributed by atoms with Crippen molar-refractivity contribution in [2.45, 2.75) is 0 Å². The van der Waals surface area contributed by atoms with Crippen LogP contribution in [0.3, 0.4) is 0 Å². The predicted molar refractivity (Wildman–Crippen MR) is 279 cm³/mol. The van der Waals surface area contributed by atoms with E-state index in [1.807, 2.05) is 36.4 Å². The minimum absolute atomic E-state index is 0.594. The van der Waals surface area contributed by atoms with Crippen LogP contribution in [0.25, 0.3) is 127 Å². The summed E-state index contributed by atoms with van der Waals surface area (Å²) in [6.45, 7) is 0. The molecule has 4 nitrogen and oxygen atoms in total. The Morgan fingerprint density at radius 1 is 0.269 bits per heavy atom. The maximum atomic E-state index is 5.44. The zero-order valence-electron chi connectivity index (χ0n) is 36.4. The Morgan fingerprint density at radius 3 is 1.37 bits per heavy atom. The van der Waals surface area contributed by atoms with Gasteiger partial charge in [-0.2, -0.15) is 0 Å². The molecule has 4 heteroatoms. The molecule has 0 aliphatic rings. The van der Waals surface area contributed by atoms with Gasteiger partial charge < -0.3 is 4.57 Å². The highest BCUT2D eigenvalue weighted by atomic mass is 15.0. The maximum Gasteiger partial charge on any atom is 0.164 e. The fourth-order valence-electron chi connectivity index (χ4n) is 10.1. The Hall–Kier alpha value is -8.99. The Bertz CT molecular complexity index is 3950. The van der Waals surface area contributed by atoms with Gasteiger partial charge in [0, 0.05) is 44.2 Å². The minimum atomic E-state index is 0.594. The second-order valence-corrected chi connectivity index (χ2v) is 17.1. The summed E-state index contributed by atoms with van der Waals surface area (Å²) in [5, 5.41) is 9.60. The molecule has 0 saturated carbocycles. The SMILES string of the molecule is c1ccc(-c2nc(-c3ccccc3)nc(-c3cc(-c4ccc5ccccc5c4)c(-n4c5cc6ccccc6cc5c5c6ccccc6ccc54)c(-c4ccccc4)c3-c3ccccc3)n2)cc1. The van der Waals surface area contributed by atoms with E-state index in [1.54, 1.807) is 0 Å². The summed E-state index contributed by atoms with van der Waals surface area (Å²) in [4.78, 5) is 16.0. The second kappa shape index (κ2) is 15.9. The van der Waals surface area contributed by atoms with Gasteiger partial charge in [0.1, 0.15) is 0 Å². The molecule has 0 bridgehead atoms. The molecule has 0 fully saturated rings. The molecule has 0 radical (unpaired) electrons. The van der Waals surface area contributed by atoms with Crippen LogP contribution in [0.1, 0.15) is 0 Å². The van der Waals surface area contributed by atoms with Gasteiger partial charge >= 0.3 is 0 Å². The molecule has 67 heavy (non-hydrogen) atoms. The smallest absolute Gasteiger partial charge is 0.164 e. The van der Waals surface area contributed by atoms with E-state index in [2.05, 4.69) is 211 Å². The molecule has 11 aromatic carbocycles. The van der Waals surface area contributed by atoms with Crippen LogP contribution in [0.15, 0.2) is 243 Å². The highest BCUT2D eigenvalue weighted by Crippen LogP contribution is 2.51. The van der Waals surface area contributed by atoms with Crippen LogP contribution in [0, 0.1) is 0 Å². The number of fused-ring (bicyclic) bond motifs is 7. The summed E-state index contributed by atoms with van der Waals surface area (Å²) >= 11 is 0. The number of nitrogens with zero attached hydrogens (tertiary/aromatic N) is 4. The van der Waals surface area contributed by atoms with E-state index in [4.69, 9.17) is 15.0 Å². The number of aromatic nitrogens is 4. The quantitative estimate of drug-likeness (QED) is 0.160. The third-order valence-electron chi connectivity index (χ3n) is 13.2. The predicted octanol–water partition coefficient (Wildman–Crippen LogP) is 16.4. The minimum Gasteiger partial charge on any atom is -0.308 e. The Balaban J connectivity index is 1.26. The van der Waals surface area contributed by atoms with Crippen LogP contribution in [-0.2, 0) is 0 Å². The van der Waals surface area contributed by atoms with Gasteiger partial charge in [-0.3, -0.25) is 0 Å². The monoisotopic (exact) mass is 852 g/mol. The Morgan fingerprint density at radius 2 is 0.746 bits per heavy atom. The fourth-order valence-corrected chi connectivity index (χ4v) is 10.1. The highest BCUT2D eigenvalue weighted by Gasteiger charge is 2.29. The van der Waals surface area contributed by atoms with Crippen LogP contribution < -0.4 is 0 Å². The molecule has 0 saturated heterocycles. The number of benzene rings is 11. The van der Waals surface area contributed by atoms with Gasteiger partial charge in [-0.25, -0.2) is 15.0 Å². The van der Waals surface area contributed by atoms with Gasteiger partial charge in [0.25, 0.3) is 0 Å². The number of hydrogen-bond acceptors (Lipinski definition) is 3. The van der Waals surface area contributed by atoms with Gasteiger partial charge in [0.15, 0.2) is 17.5 Å². The zero-order valence-corrected chi connectivity index (χ0v) is 36.4. The van der Waals surface area contributed by atoms with Crippen molar-refractivity contribution in [2.24, 2.45) is 0 Å². The summed E-state index contributed by atoms with van der Waals surface area (Å²) in [7, 11) is 0. The summed E-state index contributed by atoms with van der Waals surface area (Å²) in [6.07, 6.45) is 0. The van der Waals surface area contributed by atoms with Crippen molar-refractivity contribution in [1.29, 1.82) is 0 Å². The van der Waals surface area contributed by atoms with Crippen molar-refractivity contribution >= 4 is 54.1 Å². The number of hydrogen-bond donors (Lipinski definition) is 0. The van der Waals surface area contributed by atoms with E-state index in [0.29, 0.717) is 17.5 Å². The average Bonchev–Trinajstić information content (AvgIpc) is 3.73. The first kappa shape index (κ1) is 38.5. The van der Waals surface area contributed by atoms with E-state index in [0.717, 1.165) is 72.2 Å². The lowest BCUT2D eigenvalue weighted by Gasteiger charge is -2.25. The van der Waals surface area contributed by atoms with Crippen molar-refractivity contribution in [3.8, 4) is 73.2 Å². The van der Waals surface area contributed by atoms with Crippen LogP contribution >= 0.6 is 0 Å². The average molecular weight is 853 g/mol. The molecule has 2 heterocycles. The summed E-state index contributed by atoms with van der Waals surface area (Å²) in [5.41, 5.74) is 12.5. The van der Waals surface area contributed by atoms with E-state index >= 15 is 0 Å². The first-order valence-electron chi connectivity index (χ1n) is 22.8. The van der Waals surface area contributed by atoms with Crippen molar-refractivity contribution in [1.82, 2.24) is 19.5 Å². The highest BCUT2D eigenvalue weighted by molar-refractivity contribution is 6.24. The maximum absolute atomic E-state index is 5.44. The lowest BCUT2D eigenvalue weighted by molar-refractivity contribution is 1.07. The van der Waals surface area contributed by atoms with Crippen molar-refractivity contribution in [3.63, 3.8) is 0 Å². The second-order valence-electron chi connectivity index (χ2n) is 17.1. The van der Waals surface area contributed by atoms with E-state index in [9.17, 15) is 0 Å². The molecule has 0 spiro atoms. The third-order valence-corrected chi connectivity index (χ3v) is 13.2. The van der Waals surface area contributed by atoms with Crippen molar-refractivity contribution in [2.75, 3.05) is 0 Å². The molecule has 13 aromatic rings. The Labute approximate surface area is 387 Å². The summed E-state index contributed by atoms with van der Waals surface area (Å²) in [6, 6.07) is 86.9. The zero-order chi connectivity index (χ0) is 44.3. The molecular formula is C63H40N4. The normalized spacial score (nSPS) is 11.6. The van der Waals surface area contributed by atoms with Crippen LogP contribution in [0.4, 0.5) is 0 Å². The largest absolute Gasteiger partial charge is 0.308 e. The van der Waals surface area contributed by atoms with Gasteiger partial charge in [-0.1, -0.05) is 212 Å². The molecule has 0 atom stereocenters. The van der Waals surface area contributed by atoms with Crippen molar-refractivity contribution in [3.05, 3.63) is 243 Å². The molecule has 0 amide bonds. The molecule has 0 aliphatic heterocycles. The van der Waals surface area contributed by atoms with Gasteiger partial charge in [-0.05, 0) is 79.3 Å². The molecule has 0 aliphatic carbocycles. The first-order valence-corrected chi connectivity index (χ1v) is 22.8. The van der Waals surface area contributed by atoms with Crippen LogP contribution in [0.2, 0.25) is 0 Å². The summed E-state index contributed by atoms with van der Waals surface area (Å²) < 4.78 is 2.55. The number of rotatable bonds is 7. The van der Waals surface area contributed by atoms with E-state index in [-0.39, 0.29) is 0 Å². The first-order chi connectivity index (χ1) is 33.2. The molecule has 2 aromatic heterocycles. The van der Waals surface area contributed by atoms with E-state index < -0.39 is 0 Å². The molecule has 0 N–H and O–H groups in total. The van der Waals surface area contributed by atoms with Gasteiger partial charge in [0.05, 0.1) is 16.7 Å². The molecular weight excluding hydrogens is 813 g/mol. The van der Waals surface area contributed by atoms with Crippen LogP contribution in [-0.4, -0.2) is 19.5 Å². The van der Waals surface area contributed by atoms with Gasteiger partial charge in [0.2, 0.25) is 0 Å². The Kier molecular flexibility index (Phi) is 9.14.